The van der Waals surface area contributed by atoms with Gasteiger partial charge in [0.05, 0.1) is 35.1 Å². The maximum Gasteiger partial charge on any atom is 0.234 e. The molecule has 2 atom stereocenters. The molecule has 1 saturated heterocycles. The Labute approximate surface area is 154 Å². The first kappa shape index (κ1) is 18.8. The number of fused-ring (bicyclic) bond motifs is 1. The van der Waals surface area contributed by atoms with Gasteiger partial charge in [0.1, 0.15) is 5.82 Å². The van der Waals surface area contributed by atoms with Crippen LogP contribution in [0.1, 0.15) is 32.1 Å². The van der Waals surface area contributed by atoms with E-state index in [1.807, 2.05) is 29.2 Å². The normalized spacial score (nSPS) is 19.9. The van der Waals surface area contributed by atoms with E-state index in [0.717, 1.165) is 23.3 Å². The largest absolute Gasteiger partial charge is 0.345 e. The predicted octanol–water partition coefficient (Wildman–Crippen LogP) is 1.50. The number of nitrogens with one attached hydrogen (secondary N) is 2. The molecule has 7 nitrogen and oxygen atoms in total. The predicted molar refractivity (Wildman–Crippen MR) is 102 cm³/mol. The van der Waals surface area contributed by atoms with Gasteiger partial charge < -0.3 is 10.3 Å². The molecular weight excluding hydrogens is 352 g/mol. The summed E-state index contributed by atoms with van der Waals surface area (Å²) in [6, 6.07) is 7.60. The molecule has 1 aromatic carbocycles. The number of imidazole rings is 1. The first-order chi connectivity index (χ1) is 12.4. The fraction of sp³-hybridized carbons (Fsp3) is 0.556. The number of para-hydroxylation sites is 2. The molecule has 3 rings (SSSR count). The molecule has 1 amide bonds. The highest BCUT2D eigenvalue weighted by Crippen LogP contribution is 2.24. The molecule has 142 valence electrons. The molecule has 0 spiro atoms. The SMILES string of the molecule is CCC(C)C(NC(=O)CN1CCS(=O)(=O)CC1)c1nc2ccccc2[nH]1. The van der Waals surface area contributed by atoms with Crippen molar-refractivity contribution in [3.8, 4) is 0 Å². The maximum atomic E-state index is 12.5. The van der Waals surface area contributed by atoms with Gasteiger partial charge in [0.15, 0.2) is 9.84 Å². The fourth-order valence-electron chi connectivity index (χ4n) is 3.17. The van der Waals surface area contributed by atoms with Gasteiger partial charge in [-0.15, -0.1) is 0 Å². The number of aromatic nitrogens is 2. The van der Waals surface area contributed by atoms with Gasteiger partial charge >= 0.3 is 0 Å². The van der Waals surface area contributed by atoms with Crippen molar-refractivity contribution in [2.24, 2.45) is 5.92 Å². The summed E-state index contributed by atoms with van der Waals surface area (Å²) in [6.45, 7) is 5.21. The van der Waals surface area contributed by atoms with E-state index < -0.39 is 9.84 Å². The second-order valence-electron chi connectivity index (χ2n) is 7.00. The lowest BCUT2D eigenvalue weighted by molar-refractivity contribution is -0.123. The van der Waals surface area contributed by atoms with Crippen LogP contribution in [0.15, 0.2) is 24.3 Å². The zero-order valence-electron chi connectivity index (χ0n) is 15.2. The average molecular weight is 378 g/mol. The second-order valence-corrected chi connectivity index (χ2v) is 9.30. The second kappa shape index (κ2) is 7.75. The summed E-state index contributed by atoms with van der Waals surface area (Å²) in [4.78, 5) is 22.4. The lowest BCUT2D eigenvalue weighted by Gasteiger charge is -2.28. The number of amides is 1. The molecule has 2 unspecified atom stereocenters. The van der Waals surface area contributed by atoms with Crippen molar-refractivity contribution in [3.05, 3.63) is 30.1 Å². The van der Waals surface area contributed by atoms with Crippen molar-refractivity contribution in [3.63, 3.8) is 0 Å². The van der Waals surface area contributed by atoms with Crippen LogP contribution < -0.4 is 5.32 Å². The number of H-pyrrole nitrogens is 1. The Kier molecular flexibility index (Phi) is 5.62. The number of sulfone groups is 1. The zero-order valence-corrected chi connectivity index (χ0v) is 16.1. The molecule has 1 aliphatic heterocycles. The van der Waals surface area contributed by atoms with Gasteiger partial charge in [0.25, 0.3) is 0 Å². The zero-order chi connectivity index (χ0) is 18.7. The molecule has 0 bridgehead atoms. The highest BCUT2D eigenvalue weighted by molar-refractivity contribution is 7.91. The van der Waals surface area contributed by atoms with Crippen molar-refractivity contribution < 1.29 is 13.2 Å². The number of hydrogen-bond acceptors (Lipinski definition) is 5. The molecule has 0 aliphatic carbocycles. The molecule has 2 N–H and O–H groups in total. The van der Waals surface area contributed by atoms with Crippen LogP contribution in [0.5, 0.6) is 0 Å². The summed E-state index contributed by atoms with van der Waals surface area (Å²) in [6.07, 6.45) is 0.907. The van der Waals surface area contributed by atoms with Crippen molar-refractivity contribution in [2.45, 2.75) is 26.3 Å². The van der Waals surface area contributed by atoms with Gasteiger partial charge in [0.2, 0.25) is 5.91 Å². The van der Waals surface area contributed by atoms with E-state index in [4.69, 9.17) is 0 Å². The lowest BCUT2D eigenvalue weighted by atomic mass is 9.98. The first-order valence-electron chi connectivity index (χ1n) is 9.04. The molecule has 1 fully saturated rings. The van der Waals surface area contributed by atoms with Crippen molar-refractivity contribution in [2.75, 3.05) is 31.1 Å². The van der Waals surface area contributed by atoms with Crippen LogP contribution >= 0.6 is 0 Å². The summed E-state index contributed by atoms with van der Waals surface area (Å²) in [5.74, 6) is 1.13. The van der Waals surface area contributed by atoms with Crippen LogP contribution in [0.25, 0.3) is 11.0 Å². The first-order valence-corrected chi connectivity index (χ1v) is 10.9. The molecule has 2 aromatic rings. The third kappa shape index (κ3) is 4.42. The Morgan fingerprint density at radius 3 is 2.65 bits per heavy atom. The highest BCUT2D eigenvalue weighted by Gasteiger charge is 2.26. The Hall–Kier alpha value is -1.93. The van der Waals surface area contributed by atoms with Gasteiger partial charge in [-0.3, -0.25) is 9.69 Å². The molecule has 2 heterocycles. The van der Waals surface area contributed by atoms with E-state index in [1.54, 1.807) is 0 Å². The standard InChI is InChI=1S/C18H26N4O3S/c1-3-13(2)17(18-19-14-6-4-5-7-15(14)20-18)21-16(23)12-22-8-10-26(24,25)11-9-22/h4-7,13,17H,3,8-12H2,1-2H3,(H,19,20)(H,21,23). The van der Waals surface area contributed by atoms with E-state index in [2.05, 4.69) is 29.1 Å². The molecule has 26 heavy (non-hydrogen) atoms. The molecule has 8 heteroatoms. The minimum atomic E-state index is -2.94. The smallest absolute Gasteiger partial charge is 0.234 e. The van der Waals surface area contributed by atoms with Crippen LogP contribution in [-0.4, -0.2) is 60.3 Å². The molecule has 1 aliphatic rings. The van der Waals surface area contributed by atoms with Gasteiger partial charge in [-0.2, -0.15) is 0 Å². The fourth-order valence-corrected chi connectivity index (χ4v) is 4.44. The average Bonchev–Trinajstić information content (AvgIpc) is 3.04. The summed E-state index contributed by atoms with van der Waals surface area (Å²) in [5, 5.41) is 3.09. The highest BCUT2D eigenvalue weighted by atomic mass is 32.2. The number of carbonyl (C=O) groups is 1. The van der Waals surface area contributed by atoms with Crippen LogP contribution in [0.2, 0.25) is 0 Å². The van der Waals surface area contributed by atoms with Gasteiger partial charge in [-0.05, 0) is 18.1 Å². The third-order valence-corrected chi connectivity index (χ3v) is 6.65. The van der Waals surface area contributed by atoms with Gasteiger partial charge in [-0.25, -0.2) is 13.4 Å². The summed E-state index contributed by atoms with van der Waals surface area (Å²) >= 11 is 0. The van der Waals surface area contributed by atoms with Crippen molar-refractivity contribution >= 4 is 26.8 Å². The van der Waals surface area contributed by atoms with E-state index in [1.165, 1.54) is 0 Å². The Balaban J connectivity index is 1.69. The quantitative estimate of drug-likeness (QED) is 0.794. The van der Waals surface area contributed by atoms with Crippen molar-refractivity contribution in [1.29, 1.82) is 0 Å². The Bertz CT molecular complexity index is 830. The molecule has 0 radical (unpaired) electrons. The maximum absolute atomic E-state index is 12.5. The van der Waals surface area contributed by atoms with Crippen LogP contribution in [-0.2, 0) is 14.6 Å². The van der Waals surface area contributed by atoms with E-state index in [-0.39, 0.29) is 35.9 Å². The summed E-state index contributed by atoms with van der Waals surface area (Å²) < 4.78 is 23.0. The third-order valence-electron chi connectivity index (χ3n) is 5.04. The molecular formula is C18H26N4O3S. The molecule has 1 aromatic heterocycles. The number of nitrogens with zero attached hydrogens (tertiary/aromatic N) is 2. The number of hydrogen-bond donors (Lipinski definition) is 2. The molecule has 0 saturated carbocycles. The minimum Gasteiger partial charge on any atom is -0.345 e. The minimum absolute atomic E-state index is 0.102. The van der Waals surface area contributed by atoms with Crippen LogP contribution in [0.4, 0.5) is 0 Å². The Morgan fingerprint density at radius 2 is 2.00 bits per heavy atom. The van der Waals surface area contributed by atoms with Crippen molar-refractivity contribution in [1.82, 2.24) is 20.2 Å². The van der Waals surface area contributed by atoms with Crippen LogP contribution in [0.3, 0.4) is 0 Å². The Morgan fingerprint density at radius 1 is 1.31 bits per heavy atom. The summed E-state index contributed by atoms with van der Waals surface area (Å²) in [7, 11) is -2.94. The number of aromatic amines is 1. The lowest BCUT2D eigenvalue weighted by Crippen LogP contribution is -2.46. The van der Waals surface area contributed by atoms with Gasteiger partial charge in [-0.1, -0.05) is 32.4 Å². The summed E-state index contributed by atoms with van der Waals surface area (Å²) in [5.41, 5.74) is 1.83. The number of carbonyl (C=O) groups excluding carboxylic acids is 1. The monoisotopic (exact) mass is 378 g/mol. The topological polar surface area (TPSA) is 95.2 Å². The van der Waals surface area contributed by atoms with E-state index in [9.17, 15) is 13.2 Å². The van der Waals surface area contributed by atoms with E-state index in [0.29, 0.717) is 13.1 Å². The van der Waals surface area contributed by atoms with Gasteiger partial charge in [0, 0.05) is 13.1 Å². The van der Waals surface area contributed by atoms with Crippen LogP contribution in [0, 0.1) is 5.92 Å². The number of rotatable bonds is 6. The van der Waals surface area contributed by atoms with E-state index >= 15 is 0 Å². The number of benzene rings is 1.